The fraction of sp³-hybridized carbons (Fsp3) is 0.125. The van der Waals surface area contributed by atoms with Gasteiger partial charge >= 0.3 is 0 Å². The molecule has 0 atom stereocenters. The first-order valence-corrected chi connectivity index (χ1v) is 10.3. The number of aryl methyl sites for hydroxylation is 1. The van der Waals surface area contributed by atoms with Crippen molar-refractivity contribution in [3.05, 3.63) is 83.1 Å². The number of ether oxygens (including phenoxy) is 1. The SMILES string of the molecule is Cc1cc(OCCC(N)=O)ccc1NC(=O)c1ccc2ncn(-c3ccc(Cl)cc3)c2c1. The molecule has 7 nitrogen and oxygen atoms in total. The standard InChI is InChI=1S/C24H21ClN4O3/c1-15-12-19(32-11-10-23(26)30)7-9-20(15)28-24(31)16-2-8-21-22(13-16)29(14-27-21)18-5-3-17(25)4-6-18/h2-9,12-14H,10-11H2,1H3,(H2,26,30)(H,28,31). The fourth-order valence-corrected chi connectivity index (χ4v) is 3.41. The highest BCUT2D eigenvalue weighted by Crippen LogP contribution is 2.24. The van der Waals surface area contributed by atoms with Crippen molar-refractivity contribution >= 4 is 40.1 Å². The lowest BCUT2D eigenvalue weighted by Gasteiger charge is -2.11. The molecule has 162 valence electrons. The van der Waals surface area contributed by atoms with E-state index in [1.807, 2.05) is 47.9 Å². The summed E-state index contributed by atoms with van der Waals surface area (Å²) in [6, 6.07) is 18.1. The Balaban J connectivity index is 1.53. The molecule has 0 aliphatic carbocycles. The number of halogens is 1. The highest BCUT2D eigenvalue weighted by atomic mass is 35.5. The van der Waals surface area contributed by atoms with Crippen LogP contribution in [-0.4, -0.2) is 28.0 Å². The normalized spacial score (nSPS) is 10.8. The van der Waals surface area contributed by atoms with Gasteiger partial charge in [0.15, 0.2) is 0 Å². The number of nitrogens with one attached hydrogen (secondary N) is 1. The lowest BCUT2D eigenvalue weighted by molar-refractivity contribution is -0.118. The number of amides is 2. The Morgan fingerprint density at radius 2 is 1.88 bits per heavy atom. The first-order chi connectivity index (χ1) is 15.4. The third kappa shape index (κ3) is 4.73. The Morgan fingerprint density at radius 1 is 1.09 bits per heavy atom. The van der Waals surface area contributed by atoms with E-state index in [0.717, 1.165) is 22.3 Å². The molecule has 32 heavy (non-hydrogen) atoms. The molecule has 0 spiro atoms. The van der Waals surface area contributed by atoms with E-state index in [0.29, 0.717) is 22.0 Å². The van der Waals surface area contributed by atoms with Gasteiger partial charge in [0.25, 0.3) is 5.91 Å². The fourth-order valence-electron chi connectivity index (χ4n) is 3.29. The largest absolute Gasteiger partial charge is 0.493 e. The molecule has 0 radical (unpaired) electrons. The van der Waals surface area contributed by atoms with Crippen LogP contribution < -0.4 is 15.8 Å². The molecule has 3 aromatic carbocycles. The zero-order valence-corrected chi connectivity index (χ0v) is 18.1. The van der Waals surface area contributed by atoms with Crippen molar-refractivity contribution in [2.24, 2.45) is 5.73 Å². The first-order valence-electron chi connectivity index (χ1n) is 9.97. The van der Waals surface area contributed by atoms with Crippen molar-refractivity contribution < 1.29 is 14.3 Å². The van der Waals surface area contributed by atoms with Gasteiger partial charge in [-0.25, -0.2) is 4.98 Å². The molecule has 0 aliphatic rings. The third-order valence-corrected chi connectivity index (χ3v) is 5.23. The molecule has 0 bridgehead atoms. The van der Waals surface area contributed by atoms with Gasteiger partial charge in [-0.15, -0.1) is 0 Å². The van der Waals surface area contributed by atoms with Crippen molar-refractivity contribution in [3.63, 3.8) is 0 Å². The topological polar surface area (TPSA) is 99.2 Å². The van der Waals surface area contributed by atoms with Crippen LogP contribution in [0.1, 0.15) is 22.3 Å². The maximum atomic E-state index is 12.9. The second kappa shape index (κ2) is 9.11. The average molecular weight is 449 g/mol. The number of carbonyl (C=O) groups excluding carboxylic acids is 2. The van der Waals surface area contributed by atoms with Crippen LogP contribution in [0.5, 0.6) is 5.75 Å². The minimum absolute atomic E-state index is 0.145. The summed E-state index contributed by atoms with van der Waals surface area (Å²) in [5, 5.41) is 3.59. The molecule has 4 aromatic rings. The minimum atomic E-state index is -0.417. The van der Waals surface area contributed by atoms with Crippen LogP contribution in [-0.2, 0) is 4.79 Å². The van der Waals surface area contributed by atoms with Crippen molar-refractivity contribution in [2.75, 3.05) is 11.9 Å². The quantitative estimate of drug-likeness (QED) is 0.435. The van der Waals surface area contributed by atoms with Gasteiger partial charge < -0.3 is 15.8 Å². The molecule has 8 heteroatoms. The number of anilines is 1. The van der Waals surface area contributed by atoms with Crippen LogP contribution in [0.15, 0.2) is 67.0 Å². The van der Waals surface area contributed by atoms with Crippen molar-refractivity contribution in [1.82, 2.24) is 9.55 Å². The number of rotatable bonds is 7. The highest BCUT2D eigenvalue weighted by molar-refractivity contribution is 6.30. The average Bonchev–Trinajstić information content (AvgIpc) is 3.19. The summed E-state index contributed by atoms with van der Waals surface area (Å²) in [4.78, 5) is 28.2. The van der Waals surface area contributed by atoms with Crippen LogP contribution in [0.3, 0.4) is 0 Å². The smallest absolute Gasteiger partial charge is 0.255 e. The second-order valence-corrected chi connectivity index (χ2v) is 7.73. The van der Waals surface area contributed by atoms with Crippen LogP contribution in [0.2, 0.25) is 5.02 Å². The van der Waals surface area contributed by atoms with Gasteiger partial charge in [0.2, 0.25) is 5.91 Å². The van der Waals surface area contributed by atoms with E-state index in [1.165, 1.54) is 0 Å². The molecule has 0 saturated carbocycles. The molecule has 1 aromatic heterocycles. The Kier molecular flexibility index (Phi) is 6.09. The Labute approximate surface area is 189 Å². The molecule has 0 aliphatic heterocycles. The number of nitrogens with two attached hydrogens (primary N) is 1. The molecular weight excluding hydrogens is 428 g/mol. The summed E-state index contributed by atoms with van der Waals surface area (Å²) >= 11 is 5.99. The predicted molar refractivity (Wildman–Crippen MR) is 125 cm³/mol. The van der Waals surface area contributed by atoms with E-state index in [9.17, 15) is 9.59 Å². The highest BCUT2D eigenvalue weighted by Gasteiger charge is 2.12. The number of primary amides is 1. The molecule has 1 heterocycles. The van der Waals surface area contributed by atoms with E-state index < -0.39 is 5.91 Å². The maximum Gasteiger partial charge on any atom is 0.255 e. The van der Waals surface area contributed by atoms with Gasteiger partial charge in [-0.2, -0.15) is 0 Å². The van der Waals surface area contributed by atoms with Crippen molar-refractivity contribution in [3.8, 4) is 11.4 Å². The molecule has 2 amide bonds. The number of hydrogen-bond donors (Lipinski definition) is 2. The third-order valence-electron chi connectivity index (χ3n) is 4.98. The number of carbonyl (C=O) groups is 2. The van der Waals surface area contributed by atoms with Gasteiger partial charge in [-0.3, -0.25) is 14.2 Å². The van der Waals surface area contributed by atoms with Crippen LogP contribution in [0.4, 0.5) is 5.69 Å². The summed E-state index contributed by atoms with van der Waals surface area (Å²) < 4.78 is 7.42. The molecular formula is C24H21ClN4O3. The van der Waals surface area contributed by atoms with Crippen molar-refractivity contribution in [1.29, 1.82) is 0 Å². The van der Waals surface area contributed by atoms with E-state index in [1.54, 1.807) is 30.6 Å². The molecule has 4 rings (SSSR count). The number of aromatic nitrogens is 2. The number of hydrogen-bond acceptors (Lipinski definition) is 4. The number of fused-ring (bicyclic) bond motifs is 1. The Hall–Kier alpha value is -3.84. The molecule has 0 fully saturated rings. The van der Waals surface area contributed by atoms with E-state index in [2.05, 4.69) is 10.3 Å². The van der Waals surface area contributed by atoms with E-state index >= 15 is 0 Å². The minimum Gasteiger partial charge on any atom is -0.493 e. The molecule has 0 saturated heterocycles. The zero-order valence-electron chi connectivity index (χ0n) is 17.3. The lowest BCUT2D eigenvalue weighted by atomic mass is 10.1. The molecule has 0 unspecified atom stereocenters. The number of imidazole rings is 1. The Bertz CT molecular complexity index is 1300. The van der Waals surface area contributed by atoms with Crippen LogP contribution in [0, 0.1) is 6.92 Å². The van der Waals surface area contributed by atoms with Gasteiger partial charge in [0.1, 0.15) is 12.1 Å². The second-order valence-electron chi connectivity index (χ2n) is 7.29. The van der Waals surface area contributed by atoms with Gasteiger partial charge in [-0.1, -0.05) is 11.6 Å². The monoisotopic (exact) mass is 448 g/mol. The van der Waals surface area contributed by atoms with Crippen molar-refractivity contribution in [2.45, 2.75) is 13.3 Å². The van der Waals surface area contributed by atoms with Crippen LogP contribution >= 0.6 is 11.6 Å². The number of benzene rings is 3. The summed E-state index contributed by atoms with van der Waals surface area (Å²) in [7, 11) is 0. The Morgan fingerprint density at radius 3 is 2.59 bits per heavy atom. The summed E-state index contributed by atoms with van der Waals surface area (Å²) in [5.74, 6) is -0.0451. The summed E-state index contributed by atoms with van der Waals surface area (Å²) in [6.07, 6.45) is 1.86. The summed E-state index contributed by atoms with van der Waals surface area (Å²) in [5.41, 5.74) is 9.63. The number of nitrogens with zero attached hydrogens (tertiary/aromatic N) is 2. The van der Waals surface area contributed by atoms with Gasteiger partial charge in [-0.05, 0) is 73.2 Å². The summed E-state index contributed by atoms with van der Waals surface area (Å²) in [6.45, 7) is 2.08. The van der Waals surface area contributed by atoms with Gasteiger partial charge in [0.05, 0.1) is 24.1 Å². The van der Waals surface area contributed by atoms with Crippen LogP contribution in [0.25, 0.3) is 16.7 Å². The molecule has 3 N–H and O–H groups in total. The van der Waals surface area contributed by atoms with E-state index in [-0.39, 0.29) is 18.9 Å². The lowest BCUT2D eigenvalue weighted by Crippen LogP contribution is -2.15. The zero-order chi connectivity index (χ0) is 22.7. The first kappa shape index (κ1) is 21.4. The maximum absolute atomic E-state index is 12.9. The predicted octanol–water partition coefficient (Wildman–Crippen LogP) is 4.49. The van der Waals surface area contributed by atoms with Gasteiger partial charge in [0, 0.05) is 22.0 Å². The van der Waals surface area contributed by atoms with E-state index in [4.69, 9.17) is 22.1 Å².